The summed E-state index contributed by atoms with van der Waals surface area (Å²) in [6, 6.07) is 4.77. The van der Waals surface area contributed by atoms with Gasteiger partial charge in [-0.05, 0) is 24.6 Å². The molecule has 1 aromatic carbocycles. The first kappa shape index (κ1) is 13.3. The minimum absolute atomic E-state index is 0.464. The predicted octanol–water partition coefficient (Wildman–Crippen LogP) is 2.51. The third-order valence-electron chi connectivity index (χ3n) is 2.55. The number of halogens is 1. The molecule has 3 N–H and O–H groups in total. The van der Waals surface area contributed by atoms with E-state index in [1.807, 2.05) is 6.92 Å². The molecule has 2 atom stereocenters. The lowest BCUT2D eigenvalue weighted by Crippen LogP contribution is -2.26. The van der Waals surface area contributed by atoms with Crippen molar-refractivity contribution in [3.05, 3.63) is 28.8 Å². The summed E-state index contributed by atoms with van der Waals surface area (Å²) in [6.45, 7) is 2.01. The monoisotopic (exact) mass is 243 g/mol. The highest BCUT2D eigenvalue weighted by Gasteiger charge is 2.19. The van der Waals surface area contributed by atoms with Crippen LogP contribution in [0.4, 0.5) is 0 Å². The van der Waals surface area contributed by atoms with Crippen LogP contribution in [0.2, 0.25) is 5.02 Å². The van der Waals surface area contributed by atoms with Crippen LogP contribution in [0.5, 0.6) is 5.75 Å². The quantitative estimate of drug-likeness (QED) is 0.836. The SMILES string of the molecule is CCC[C@@H](O)[C@@H](N)c1cc(Cl)ccc1OC. The number of aliphatic hydroxyl groups excluding tert-OH is 1. The Balaban J connectivity index is 2.96. The van der Waals surface area contributed by atoms with Crippen LogP contribution in [0.3, 0.4) is 0 Å². The van der Waals surface area contributed by atoms with Gasteiger partial charge < -0.3 is 15.6 Å². The molecule has 0 aromatic heterocycles. The van der Waals surface area contributed by atoms with Crippen molar-refractivity contribution >= 4 is 11.6 Å². The third kappa shape index (κ3) is 3.11. The number of benzene rings is 1. The van der Waals surface area contributed by atoms with E-state index < -0.39 is 12.1 Å². The van der Waals surface area contributed by atoms with E-state index in [9.17, 15) is 5.11 Å². The van der Waals surface area contributed by atoms with E-state index >= 15 is 0 Å². The molecule has 4 heteroatoms. The molecule has 0 bridgehead atoms. The molecule has 0 spiro atoms. The van der Waals surface area contributed by atoms with Crippen molar-refractivity contribution in [2.75, 3.05) is 7.11 Å². The van der Waals surface area contributed by atoms with Gasteiger partial charge >= 0.3 is 0 Å². The topological polar surface area (TPSA) is 55.5 Å². The molecule has 0 aliphatic rings. The molecule has 0 aliphatic carbocycles. The lowest BCUT2D eigenvalue weighted by Gasteiger charge is -2.21. The van der Waals surface area contributed by atoms with Crippen LogP contribution < -0.4 is 10.5 Å². The molecule has 0 saturated carbocycles. The molecule has 90 valence electrons. The molecule has 0 radical (unpaired) electrons. The van der Waals surface area contributed by atoms with E-state index in [0.29, 0.717) is 17.2 Å². The highest BCUT2D eigenvalue weighted by molar-refractivity contribution is 6.30. The number of nitrogens with two attached hydrogens (primary N) is 1. The minimum atomic E-state index is -0.572. The Morgan fingerprint density at radius 1 is 1.50 bits per heavy atom. The van der Waals surface area contributed by atoms with E-state index in [4.69, 9.17) is 22.1 Å². The Morgan fingerprint density at radius 2 is 2.19 bits per heavy atom. The summed E-state index contributed by atoms with van der Waals surface area (Å²) in [5, 5.41) is 10.5. The molecule has 0 amide bonds. The van der Waals surface area contributed by atoms with Crippen molar-refractivity contribution in [1.29, 1.82) is 0 Å². The van der Waals surface area contributed by atoms with Gasteiger partial charge in [0.2, 0.25) is 0 Å². The summed E-state index contributed by atoms with van der Waals surface area (Å²) in [7, 11) is 1.58. The number of aliphatic hydroxyl groups is 1. The second kappa shape index (κ2) is 6.09. The van der Waals surface area contributed by atoms with E-state index in [0.717, 1.165) is 12.0 Å². The zero-order chi connectivity index (χ0) is 12.1. The number of hydrogen-bond acceptors (Lipinski definition) is 3. The fraction of sp³-hybridized carbons (Fsp3) is 0.500. The predicted molar refractivity (Wildman–Crippen MR) is 65.8 cm³/mol. The molecule has 0 heterocycles. The Labute approximate surface area is 101 Å². The van der Waals surface area contributed by atoms with Crippen molar-refractivity contribution in [2.45, 2.75) is 31.9 Å². The lowest BCUT2D eigenvalue weighted by atomic mass is 9.98. The summed E-state index contributed by atoms with van der Waals surface area (Å²) in [4.78, 5) is 0. The maximum absolute atomic E-state index is 9.86. The van der Waals surface area contributed by atoms with Gasteiger partial charge in [-0.2, -0.15) is 0 Å². The highest BCUT2D eigenvalue weighted by atomic mass is 35.5. The van der Waals surface area contributed by atoms with Gasteiger partial charge in [-0.25, -0.2) is 0 Å². The van der Waals surface area contributed by atoms with Crippen LogP contribution in [0.15, 0.2) is 18.2 Å². The minimum Gasteiger partial charge on any atom is -0.496 e. The van der Waals surface area contributed by atoms with E-state index in [2.05, 4.69) is 0 Å². The first-order chi connectivity index (χ1) is 7.60. The molecule has 0 aliphatic heterocycles. The first-order valence-corrected chi connectivity index (χ1v) is 5.75. The molecule has 16 heavy (non-hydrogen) atoms. The Kier molecular flexibility index (Phi) is 5.06. The van der Waals surface area contributed by atoms with Gasteiger partial charge in [0.15, 0.2) is 0 Å². The van der Waals surface area contributed by atoms with Gasteiger partial charge in [0.25, 0.3) is 0 Å². The number of rotatable bonds is 5. The van der Waals surface area contributed by atoms with Crippen LogP contribution in [0.25, 0.3) is 0 Å². The average molecular weight is 244 g/mol. The molecule has 3 nitrogen and oxygen atoms in total. The van der Waals surface area contributed by atoms with Crippen molar-refractivity contribution < 1.29 is 9.84 Å². The van der Waals surface area contributed by atoms with Gasteiger partial charge in [0.1, 0.15) is 5.75 Å². The van der Waals surface area contributed by atoms with E-state index in [1.54, 1.807) is 25.3 Å². The van der Waals surface area contributed by atoms with Gasteiger partial charge in [0, 0.05) is 10.6 Å². The maximum atomic E-state index is 9.86. The summed E-state index contributed by atoms with van der Waals surface area (Å²) >= 11 is 5.91. The molecule has 1 aromatic rings. The Hall–Kier alpha value is -0.770. The lowest BCUT2D eigenvalue weighted by molar-refractivity contribution is 0.133. The normalized spacial score (nSPS) is 14.6. The number of hydrogen-bond donors (Lipinski definition) is 2. The van der Waals surface area contributed by atoms with Gasteiger partial charge in [-0.15, -0.1) is 0 Å². The van der Waals surface area contributed by atoms with Crippen LogP contribution in [-0.4, -0.2) is 18.3 Å². The molecule has 1 rings (SSSR count). The zero-order valence-corrected chi connectivity index (χ0v) is 10.4. The maximum Gasteiger partial charge on any atom is 0.123 e. The molecular weight excluding hydrogens is 226 g/mol. The molecular formula is C12H18ClNO2. The molecule has 0 fully saturated rings. The van der Waals surface area contributed by atoms with Crippen LogP contribution in [0, 0.1) is 0 Å². The number of ether oxygens (including phenoxy) is 1. The third-order valence-corrected chi connectivity index (χ3v) is 2.78. The van der Waals surface area contributed by atoms with E-state index in [1.165, 1.54) is 0 Å². The number of methoxy groups -OCH3 is 1. The van der Waals surface area contributed by atoms with Gasteiger partial charge in [-0.3, -0.25) is 0 Å². The fourth-order valence-corrected chi connectivity index (χ4v) is 1.83. The smallest absolute Gasteiger partial charge is 0.123 e. The van der Waals surface area contributed by atoms with Crippen molar-refractivity contribution in [2.24, 2.45) is 5.73 Å². The van der Waals surface area contributed by atoms with Crippen LogP contribution in [0.1, 0.15) is 31.4 Å². The second-order valence-corrected chi connectivity index (χ2v) is 4.20. The second-order valence-electron chi connectivity index (χ2n) is 3.77. The Bertz CT molecular complexity index is 344. The van der Waals surface area contributed by atoms with E-state index in [-0.39, 0.29) is 0 Å². The summed E-state index contributed by atoms with van der Waals surface area (Å²) in [5.41, 5.74) is 6.73. The van der Waals surface area contributed by atoms with Crippen LogP contribution in [-0.2, 0) is 0 Å². The van der Waals surface area contributed by atoms with Gasteiger partial charge in [0.05, 0.1) is 19.3 Å². The van der Waals surface area contributed by atoms with Gasteiger partial charge in [-0.1, -0.05) is 24.9 Å². The Morgan fingerprint density at radius 3 is 2.75 bits per heavy atom. The summed E-state index contributed by atoms with van der Waals surface area (Å²) < 4.78 is 5.20. The fourth-order valence-electron chi connectivity index (χ4n) is 1.65. The van der Waals surface area contributed by atoms with Crippen molar-refractivity contribution in [1.82, 2.24) is 0 Å². The van der Waals surface area contributed by atoms with Crippen molar-refractivity contribution in [3.63, 3.8) is 0 Å². The molecule has 0 saturated heterocycles. The summed E-state index contributed by atoms with van der Waals surface area (Å²) in [5.74, 6) is 0.659. The first-order valence-electron chi connectivity index (χ1n) is 5.37. The largest absolute Gasteiger partial charge is 0.496 e. The molecule has 0 unspecified atom stereocenters. The van der Waals surface area contributed by atoms with Crippen molar-refractivity contribution in [3.8, 4) is 5.75 Å². The standard InChI is InChI=1S/C12H18ClNO2/c1-3-4-10(15)12(14)9-7-8(13)5-6-11(9)16-2/h5-7,10,12,15H,3-4,14H2,1-2H3/t10-,12+/m1/s1. The average Bonchev–Trinajstić information content (AvgIpc) is 2.28. The highest BCUT2D eigenvalue weighted by Crippen LogP contribution is 2.29. The summed E-state index contributed by atoms with van der Waals surface area (Å²) in [6.07, 6.45) is 0.978. The zero-order valence-electron chi connectivity index (χ0n) is 9.61. The van der Waals surface area contributed by atoms with Crippen LogP contribution >= 0.6 is 11.6 Å².